The van der Waals surface area contributed by atoms with Crippen molar-refractivity contribution in [3.05, 3.63) is 30.3 Å². The Labute approximate surface area is 135 Å². The van der Waals surface area contributed by atoms with Crippen molar-refractivity contribution in [3.63, 3.8) is 0 Å². The highest BCUT2D eigenvalue weighted by molar-refractivity contribution is 5.95. The zero-order chi connectivity index (χ0) is 17.1. The Morgan fingerprint density at radius 3 is 2.48 bits per heavy atom. The predicted octanol–water partition coefficient (Wildman–Crippen LogP) is 1.62. The summed E-state index contributed by atoms with van der Waals surface area (Å²) in [5.74, 6) is -0.450. The predicted molar refractivity (Wildman–Crippen MR) is 83.9 cm³/mol. The molecule has 0 aromatic heterocycles. The number of hydrogen-bond acceptors (Lipinski definition) is 5. The van der Waals surface area contributed by atoms with Crippen LogP contribution in [0.15, 0.2) is 30.3 Å². The summed E-state index contributed by atoms with van der Waals surface area (Å²) >= 11 is 0. The van der Waals surface area contributed by atoms with E-state index in [0.29, 0.717) is 13.0 Å². The summed E-state index contributed by atoms with van der Waals surface area (Å²) in [7, 11) is 0. The fourth-order valence-electron chi connectivity index (χ4n) is 1.60. The van der Waals surface area contributed by atoms with E-state index in [4.69, 9.17) is 9.47 Å². The molecule has 0 saturated carbocycles. The van der Waals surface area contributed by atoms with Crippen molar-refractivity contribution in [2.24, 2.45) is 0 Å². The second kappa shape index (κ2) is 10.2. The molecule has 0 unspecified atom stereocenters. The van der Waals surface area contributed by atoms with Gasteiger partial charge in [0.05, 0.1) is 6.61 Å². The molecule has 1 aromatic rings. The lowest BCUT2D eigenvalue weighted by Crippen LogP contribution is -2.44. The van der Waals surface area contributed by atoms with Crippen LogP contribution in [0, 0.1) is 0 Å². The fourth-order valence-corrected chi connectivity index (χ4v) is 1.60. The minimum absolute atomic E-state index is 0.0880. The number of urea groups is 1. The molecular weight excluding hydrogens is 300 g/mol. The molecular formula is C16H22N2O5. The van der Waals surface area contributed by atoms with Gasteiger partial charge in [-0.1, -0.05) is 18.2 Å². The van der Waals surface area contributed by atoms with E-state index in [-0.39, 0.29) is 12.5 Å². The molecule has 0 radical (unpaired) electrons. The topological polar surface area (TPSA) is 93.7 Å². The highest BCUT2D eigenvalue weighted by atomic mass is 16.5. The first kappa shape index (κ1) is 18.5. The molecule has 23 heavy (non-hydrogen) atoms. The van der Waals surface area contributed by atoms with Crippen LogP contribution >= 0.6 is 0 Å². The van der Waals surface area contributed by atoms with E-state index >= 15 is 0 Å². The van der Waals surface area contributed by atoms with Crippen LogP contribution in [0.2, 0.25) is 0 Å². The molecule has 0 fully saturated rings. The van der Waals surface area contributed by atoms with E-state index in [1.54, 1.807) is 13.8 Å². The van der Waals surface area contributed by atoms with Crippen molar-refractivity contribution in [1.82, 2.24) is 10.6 Å². The van der Waals surface area contributed by atoms with Crippen LogP contribution in [0.1, 0.15) is 26.7 Å². The molecule has 3 amide bonds. The van der Waals surface area contributed by atoms with Crippen LogP contribution in [0.3, 0.4) is 0 Å². The van der Waals surface area contributed by atoms with Gasteiger partial charge in [0, 0.05) is 12.5 Å². The molecule has 0 spiro atoms. The Hall–Kier alpha value is -2.57. The molecule has 7 nitrogen and oxygen atoms in total. The second-order valence-electron chi connectivity index (χ2n) is 5.10. The number of imide groups is 1. The number of amides is 3. The van der Waals surface area contributed by atoms with Crippen LogP contribution in [0.25, 0.3) is 0 Å². The molecule has 1 rings (SSSR count). The number of nitrogens with one attached hydrogen (secondary N) is 2. The number of carbonyl (C=O) groups is 3. The minimum Gasteiger partial charge on any atom is -0.494 e. The summed E-state index contributed by atoms with van der Waals surface area (Å²) in [6.45, 7) is 3.43. The fraction of sp³-hybridized carbons (Fsp3) is 0.438. The van der Waals surface area contributed by atoms with E-state index in [0.717, 1.165) is 5.75 Å². The van der Waals surface area contributed by atoms with Gasteiger partial charge < -0.3 is 14.8 Å². The van der Waals surface area contributed by atoms with E-state index in [2.05, 4.69) is 10.6 Å². The standard InChI is InChI=1S/C16H22N2O5/c1-12(2)17-16(21)18-14(19)11-23-15(20)9-6-10-22-13-7-4-3-5-8-13/h3-5,7-8,12H,6,9-11H2,1-2H3,(H2,17,18,19,21). The number of ether oxygens (including phenoxy) is 2. The molecule has 0 saturated heterocycles. The number of carbonyl (C=O) groups excluding carboxylic acids is 3. The molecule has 0 aliphatic carbocycles. The van der Waals surface area contributed by atoms with Gasteiger partial charge in [-0.15, -0.1) is 0 Å². The maximum absolute atomic E-state index is 11.5. The van der Waals surface area contributed by atoms with Gasteiger partial charge in [0.2, 0.25) is 0 Å². The molecule has 0 atom stereocenters. The van der Waals surface area contributed by atoms with Gasteiger partial charge in [-0.25, -0.2) is 4.79 Å². The van der Waals surface area contributed by atoms with Gasteiger partial charge >= 0.3 is 12.0 Å². The number of rotatable bonds is 8. The van der Waals surface area contributed by atoms with Crippen molar-refractivity contribution in [2.45, 2.75) is 32.7 Å². The summed E-state index contributed by atoms with van der Waals surface area (Å²) in [5.41, 5.74) is 0. The highest BCUT2D eigenvalue weighted by Gasteiger charge is 2.11. The van der Waals surface area contributed by atoms with Crippen molar-refractivity contribution in [3.8, 4) is 5.75 Å². The van der Waals surface area contributed by atoms with Gasteiger partial charge in [-0.2, -0.15) is 0 Å². The van der Waals surface area contributed by atoms with Crippen LogP contribution in [0.4, 0.5) is 4.79 Å². The monoisotopic (exact) mass is 322 g/mol. The van der Waals surface area contributed by atoms with Crippen LogP contribution < -0.4 is 15.4 Å². The van der Waals surface area contributed by atoms with Crippen LogP contribution in [-0.2, 0) is 14.3 Å². The van der Waals surface area contributed by atoms with E-state index < -0.39 is 24.5 Å². The maximum atomic E-state index is 11.5. The number of para-hydroxylation sites is 1. The molecule has 0 bridgehead atoms. The third-order valence-electron chi connectivity index (χ3n) is 2.57. The Morgan fingerprint density at radius 2 is 1.83 bits per heavy atom. The van der Waals surface area contributed by atoms with E-state index in [1.807, 2.05) is 30.3 Å². The zero-order valence-corrected chi connectivity index (χ0v) is 13.3. The van der Waals surface area contributed by atoms with E-state index in [9.17, 15) is 14.4 Å². The van der Waals surface area contributed by atoms with Gasteiger partial charge in [0.25, 0.3) is 5.91 Å². The first-order chi connectivity index (χ1) is 11.0. The minimum atomic E-state index is -0.669. The van der Waals surface area contributed by atoms with Gasteiger partial charge in [0.1, 0.15) is 5.75 Å². The SMILES string of the molecule is CC(C)NC(=O)NC(=O)COC(=O)CCCOc1ccccc1. The molecule has 126 valence electrons. The van der Waals surface area contributed by atoms with Crippen molar-refractivity contribution < 1.29 is 23.9 Å². The van der Waals surface area contributed by atoms with Gasteiger partial charge in [-0.05, 0) is 32.4 Å². The second-order valence-corrected chi connectivity index (χ2v) is 5.10. The van der Waals surface area contributed by atoms with Gasteiger partial charge in [-0.3, -0.25) is 14.9 Å². The first-order valence-corrected chi connectivity index (χ1v) is 7.41. The summed E-state index contributed by atoms with van der Waals surface area (Å²) < 4.78 is 10.2. The molecule has 2 N–H and O–H groups in total. The van der Waals surface area contributed by atoms with Crippen LogP contribution in [-0.4, -0.2) is 37.2 Å². The first-order valence-electron chi connectivity index (χ1n) is 7.41. The van der Waals surface area contributed by atoms with Crippen molar-refractivity contribution >= 4 is 17.9 Å². The molecule has 0 aliphatic heterocycles. The molecule has 0 aliphatic rings. The van der Waals surface area contributed by atoms with Crippen molar-refractivity contribution in [2.75, 3.05) is 13.2 Å². The number of benzene rings is 1. The smallest absolute Gasteiger partial charge is 0.321 e. The zero-order valence-electron chi connectivity index (χ0n) is 13.3. The third kappa shape index (κ3) is 9.13. The quantitative estimate of drug-likeness (QED) is 0.560. The number of hydrogen-bond donors (Lipinski definition) is 2. The normalized spacial score (nSPS) is 10.0. The Balaban J connectivity index is 2.09. The Kier molecular flexibility index (Phi) is 8.20. The molecule has 7 heteroatoms. The van der Waals surface area contributed by atoms with Crippen molar-refractivity contribution in [1.29, 1.82) is 0 Å². The third-order valence-corrected chi connectivity index (χ3v) is 2.57. The van der Waals surface area contributed by atoms with Crippen LogP contribution in [0.5, 0.6) is 5.75 Å². The lowest BCUT2D eigenvalue weighted by atomic mass is 10.3. The maximum Gasteiger partial charge on any atom is 0.321 e. The molecule has 0 heterocycles. The lowest BCUT2D eigenvalue weighted by molar-refractivity contribution is -0.148. The summed E-state index contributed by atoms with van der Waals surface area (Å²) in [6, 6.07) is 8.55. The Morgan fingerprint density at radius 1 is 1.13 bits per heavy atom. The average molecular weight is 322 g/mol. The van der Waals surface area contributed by atoms with Gasteiger partial charge in [0.15, 0.2) is 6.61 Å². The van der Waals surface area contributed by atoms with E-state index in [1.165, 1.54) is 0 Å². The average Bonchev–Trinajstić information content (AvgIpc) is 2.49. The lowest BCUT2D eigenvalue weighted by Gasteiger charge is -2.09. The summed E-state index contributed by atoms with van der Waals surface area (Å²) in [6.07, 6.45) is 0.613. The Bertz CT molecular complexity index is 516. The summed E-state index contributed by atoms with van der Waals surface area (Å²) in [4.78, 5) is 34.1. The highest BCUT2D eigenvalue weighted by Crippen LogP contribution is 2.08. The molecule has 1 aromatic carbocycles. The summed E-state index contributed by atoms with van der Waals surface area (Å²) in [5, 5.41) is 4.56. The number of esters is 1. The largest absolute Gasteiger partial charge is 0.494 e.